The molecule has 1 atom stereocenters. The van der Waals surface area contributed by atoms with Crippen molar-refractivity contribution in [1.82, 2.24) is 0 Å². The molecule has 3 nitrogen and oxygen atoms in total. The molecule has 68 valence electrons. The molecule has 0 amide bonds. The molecule has 1 unspecified atom stereocenters. The molecule has 1 aromatic rings. The van der Waals surface area contributed by atoms with Crippen molar-refractivity contribution in [2.75, 3.05) is 7.11 Å². The molecule has 0 aliphatic carbocycles. The molecule has 0 aliphatic rings. The highest BCUT2D eigenvalue weighted by molar-refractivity contribution is 6.10. The van der Waals surface area contributed by atoms with E-state index in [0.717, 1.165) is 5.76 Å². The van der Waals surface area contributed by atoms with Crippen molar-refractivity contribution >= 4 is 13.8 Å². The monoisotopic (exact) mass is 178 g/mol. The van der Waals surface area contributed by atoms with Gasteiger partial charge < -0.3 is 9.15 Å². The molecule has 0 N–H and O–H groups in total. The van der Waals surface area contributed by atoms with Crippen LogP contribution in [-0.4, -0.2) is 20.9 Å². The summed E-state index contributed by atoms with van der Waals surface area (Å²) >= 11 is 0. The van der Waals surface area contributed by atoms with Gasteiger partial charge in [-0.25, -0.2) is 0 Å². The largest absolute Gasteiger partial charge is 0.469 e. The van der Waals surface area contributed by atoms with Gasteiger partial charge >= 0.3 is 5.97 Å². The molecule has 1 heterocycles. The Morgan fingerprint density at radius 1 is 1.77 bits per heavy atom. The van der Waals surface area contributed by atoms with E-state index in [2.05, 4.69) is 4.74 Å². The van der Waals surface area contributed by atoms with Crippen molar-refractivity contribution in [3.8, 4) is 0 Å². The van der Waals surface area contributed by atoms with Gasteiger partial charge in [0, 0.05) is 6.42 Å². The second-order valence-electron chi connectivity index (χ2n) is 2.74. The fraction of sp³-hybridized carbons (Fsp3) is 0.444. The summed E-state index contributed by atoms with van der Waals surface area (Å²) in [6, 6.07) is 3.59. The number of methoxy groups -OCH3 is 1. The summed E-state index contributed by atoms with van der Waals surface area (Å²) < 4.78 is 9.69. The van der Waals surface area contributed by atoms with E-state index in [0.29, 0.717) is 6.42 Å². The van der Waals surface area contributed by atoms with Crippen LogP contribution in [0.25, 0.3) is 0 Å². The lowest BCUT2D eigenvalue weighted by atomic mass is 9.88. The zero-order valence-electron chi connectivity index (χ0n) is 7.53. The van der Waals surface area contributed by atoms with Crippen molar-refractivity contribution in [3.63, 3.8) is 0 Å². The van der Waals surface area contributed by atoms with Crippen LogP contribution in [0, 0.1) is 5.92 Å². The maximum absolute atomic E-state index is 11.1. The highest BCUT2D eigenvalue weighted by Gasteiger charge is 2.17. The SMILES string of the molecule is [B]CC(Cc1ccco1)C(=O)OC. The molecule has 0 saturated heterocycles. The Balaban J connectivity index is 2.54. The third-order valence-corrected chi connectivity index (χ3v) is 1.85. The van der Waals surface area contributed by atoms with E-state index >= 15 is 0 Å². The van der Waals surface area contributed by atoms with Gasteiger partial charge in [0.1, 0.15) is 5.76 Å². The van der Waals surface area contributed by atoms with Crippen molar-refractivity contribution in [3.05, 3.63) is 24.2 Å². The number of carbonyl (C=O) groups excluding carboxylic acids is 1. The first kappa shape index (κ1) is 9.90. The molecule has 0 aromatic carbocycles. The standard InChI is InChI=1S/C9H11BO3/c1-12-9(11)7(6-10)5-8-3-2-4-13-8/h2-4,7H,5-6H2,1H3. The lowest BCUT2D eigenvalue weighted by Crippen LogP contribution is -2.17. The Bertz CT molecular complexity index is 256. The van der Waals surface area contributed by atoms with Crippen LogP contribution in [0.4, 0.5) is 0 Å². The minimum atomic E-state index is -0.309. The summed E-state index contributed by atoms with van der Waals surface area (Å²) in [6.45, 7) is 0. The lowest BCUT2D eigenvalue weighted by molar-refractivity contribution is -0.144. The second kappa shape index (κ2) is 4.75. The molecule has 1 rings (SSSR count). The maximum Gasteiger partial charge on any atom is 0.308 e. The van der Waals surface area contributed by atoms with Crippen LogP contribution in [0.2, 0.25) is 6.32 Å². The van der Waals surface area contributed by atoms with Gasteiger partial charge in [0.25, 0.3) is 0 Å². The normalized spacial score (nSPS) is 12.4. The predicted molar refractivity (Wildman–Crippen MR) is 48.5 cm³/mol. The summed E-state index contributed by atoms with van der Waals surface area (Å²) in [5, 5.41) is 0. The number of carbonyl (C=O) groups is 1. The zero-order valence-corrected chi connectivity index (χ0v) is 7.53. The van der Waals surface area contributed by atoms with Crippen LogP contribution < -0.4 is 0 Å². The Morgan fingerprint density at radius 2 is 2.54 bits per heavy atom. The Morgan fingerprint density at radius 3 is 3.00 bits per heavy atom. The first-order valence-corrected chi connectivity index (χ1v) is 4.08. The van der Waals surface area contributed by atoms with Crippen LogP contribution in [0.5, 0.6) is 0 Å². The number of hydrogen-bond donors (Lipinski definition) is 0. The zero-order chi connectivity index (χ0) is 9.68. The van der Waals surface area contributed by atoms with Crippen molar-refractivity contribution in [1.29, 1.82) is 0 Å². The first-order valence-electron chi connectivity index (χ1n) is 4.08. The summed E-state index contributed by atoms with van der Waals surface area (Å²) in [6.07, 6.45) is 2.34. The lowest BCUT2D eigenvalue weighted by Gasteiger charge is -2.09. The molecular weight excluding hydrogens is 167 g/mol. The fourth-order valence-corrected chi connectivity index (χ4v) is 1.10. The van der Waals surface area contributed by atoms with E-state index in [1.165, 1.54) is 7.11 Å². The topological polar surface area (TPSA) is 39.4 Å². The number of esters is 1. The first-order chi connectivity index (χ1) is 6.27. The van der Waals surface area contributed by atoms with Gasteiger partial charge in [-0.15, -0.1) is 0 Å². The van der Waals surface area contributed by atoms with Crippen LogP contribution in [0.3, 0.4) is 0 Å². The molecule has 0 bridgehead atoms. The average molecular weight is 178 g/mol. The number of rotatable bonds is 4. The quantitative estimate of drug-likeness (QED) is 0.513. The minimum Gasteiger partial charge on any atom is -0.469 e. The van der Waals surface area contributed by atoms with Gasteiger partial charge in [-0.1, -0.05) is 6.32 Å². The summed E-state index contributed by atoms with van der Waals surface area (Å²) in [5.74, 6) is 0.149. The van der Waals surface area contributed by atoms with Gasteiger partial charge in [0.15, 0.2) is 0 Å². The van der Waals surface area contributed by atoms with E-state index in [4.69, 9.17) is 12.3 Å². The highest BCUT2D eigenvalue weighted by atomic mass is 16.5. The average Bonchev–Trinajstić information content (AvgIpc) is 2.65. The molecule has 0 saturated carbocycles. The summed E-state index contributed by atoms with van der Waals surface area (Å²) in [4.78, 5) is 11.1. The van der Waals surface area contributed by atoms with E-state index < -0.39 is 0 Å². The Kier molecular flexibility index (Phi) is 3.61. The molecule has 0 aliphatic heterocycles. The van der Waals surface area contributed by atoms with E-state index in [1.807, 2.05) is 6.07 Å². The van der Waals surface area contributed by atoms with Crippen LogP contribution in [0.15, 0.2) is 22.8 Å². The molecule has 0 fully saturated rings. The molecular formula is C9H11BO3. The summed E-state index contributed by atoms with van der Waals surface area (Å²) in [5.41, 5.74) is 0. The highest BCUT2D eigenvalue weighted by Crippen LogP contribution is 2.13. The Labute approximate surface area is 78.5 Å². The number of furan rings is 1. The van der Waals surface area contributed by atoms with Crippen LogP contribution >= 0.6 is 0 Å². The van der Waals surface area contributed by atoms with Gasteiger partial charge in [-0.3, -0.25) is 4.79 Å². The second-order valence-corrected chi connectivity index (χ2v) is 2.74. The maximum atomic E-state index is 11.1. The summed E-state index contributed by atoms with van der Waals surface area (Å²) in [7, 11) is 6.78. The van der Waals surface area contributed by atoms with Gasteiger partial charge in [-0.2, -0.15) is 0 Å². The third kappa shape index (κ3) is 2.65. The van der Waals surface area contributed by atoms with Gasteiger partial charge in [-0.05, 0) is 12.1 Å². The van der Waals surface area contributed by atoms with Crippen molar-refractivity contribution < 1.29 is 13.9 Å². The molecule has 1 aromatic heterocycles. The predicted octanol–water partition coefficient (Wildman–Crippen LogP) is 1.20. The number of hydrogen-bond acceptors (Lipinski definition) is 3. The van der Waals surface area contributed by atoms with Crippen molar-refractivity contribution in [2.24, 2.45) is 5.92 Å². The van der Waals surface area contributed by atoms with E-state index in [-0.39, 0.29) is 18.2 Å². The molecule has 4 heteroatoms. The molecule has 13 heavy (non-hydrogen) atoms. The fourth-order valence-electron chi connectivity index (χ4n) is 1.10. The third-order valence-electron chi connectivity index (χ3n) is 1.85. The minimum absolute atomic E-state index is 0.271. The number of ether oxygens (including phenoxy) is 1. The smallest absolute Gasteiger partial charge is 0.308 e. The van der Waals surface area contributed by atoms with E-state index in [9.17, 15) is 4.79 Å². The Hall–Kier alpha value is -1.19. The van der Waals surface area contributed by atoms with Gasteiger partial charge in [0.05, 0.1) is 27.1 Å². The van der Waals surface area contributed by atoms with Gasteiger partial charge in [0.2, 0.25) is 0 Å². The molecule has 2 radical (unpaired) electrons. The van der Waals surface area contributed by atoms with Crippen molar-refractivity contribution in [2.45, 2.75) is 12.7 Å². The van der Waals surface area contributed by atoms with Crippen LogP contribution in [-0.2, 0) is 16.0 Å². The van der Waals surface area contributed by atoms with E-state index in [1.54, 1.807) is 12.3 Å². The molecule has 0 spiro atoms. The van der Waals surface area contributed by atoms with Crippen LogP contribution in [0.1, 0.15) is 5.76 Å².